The van der Waals surface area contributed by atoms with Crippen LogP contribution in [-0.2, 0) is 29.2 Å². The van der Waals surface area contributed by atoms with Crippen LogP contribution in [0.2, 0.25) is 0 Å². The number of aromatic nitrogens is 1. The van der Waals surface area contributed by atoms with Crippen molar-refractivity contribution >= 4 is 44.6 Å². The second-order valence-electron chi connectivity index (χ2n) is 17.3. The first kappa shape index (κ1) is 40.5. The van der Waals surface area contributed by atoms with Gasteiger partial charge in [0, 0.05) is 49.0 Å². The number of methoxy groups -OCH3 is 1. The first-order valence-electron chi connectivity index (χ1n) is 20.3. The Bertz CT molecular complexity index is 2100. The second kappa shape index (κ2) is 16.3. The van der Waals surface area contributed by atoms with Gasteiger partial charge in [0.1, 0.15) is 29.2 Å². The Morgan fingerprint density at radius 2 is 1.65 bits per heavy atom. The molecule has 4 amide bonds. The van der Waals surface area contributed by atoms with Crippen LogP contribution in [-0.4, -0.2) is 96.5 Å². The van der Waals surface area contributed by atoms with Gasteiger partial charge in [-0.2, -0.15) is 0 Å². The molecule has 2 aliphatic heterocycles. The van der Waals surface area contributed by atoms with Gasteiger partial charge in [0.2, 0.25) is 27.7 Å². The number of nitrogens with one attached hydrogen (secondary N) is 2. The lowest BCUT2D eigenvalue weighted by molar-refractivity contribution is -0.149. The summed E-state index contributed by atoms with van der Waals surface area (Å²) in [7, 11) is -2.27. The summed E-state index contributed by atoms with van der Waals surface area (Å²) in [5.41, 5.74) is 0.127. The molecule has 2 saturated carbocycles. The molecule has 2 aliphatic carbocycles. The predicted molar refractivity (Wildman–Crippen MR) is 216 cm³/mol. The number of nitrogens with zero attached hydrogens (tertiary/aromatic N) is 3. The molecule has 2 N–H and O–H groups in total. The van der Waals surface area contributed by atoms with Crippen LogP contribution in [0.1, 0.15) is 91.4 Å². The minimum absolute atomic E-state index is 0.00132. The van der Waals surface area contributed by atoms with Gasteiger partial charge < -0.3 is 24.6 Å². The molecule has 0 spiro atoms. The van der Waals surface area contributed by atoms with Crippen LogP contribution in [0.5, 0.6) is 11.5 Å². The summed E-state index contributed by atoms with van der Waals surface area (Å²) in [4.78, 5) is 65.2. The van der Waals surface area contributed by atoms with Crippen LogP contribution in [0.15, 0.2) is 54.6 Å². The van der Waals surface area contributed by atoms with E-state index in [2.05, 4.69) is 10.0 Å². The molecule has 0 unspecified atom stereocenters. The van der Waals surface area contributed by atoms with E-state index in [1.54, 1.807) is 7.11 Å². The van der Waals surface area contributed by atoms with E-state index in [9.17, 15) is 27.6 Å². The molecule has 7 rings (SSSR count). The molecule has 3 aromatic rings. The molecule has 4 fully saturated rings. The fourth-order valence-electron chi connectivity index (χ4n) is 8.52. The third-order valence-electron chi connectivity index (χ3n) is 12.1. The number of pyridine rings is 1. The van der Waals surface area contributed by atoms with Gasteiger partial charge in [-0.3, -0.25) is 23.9 Å². The maximum Gasteiger partial charge on any atom is 0.259 e. The number of benzene rings is 2. The zero-order valence-electron chi connectivity index (χ0n) is 33.4. The van der Waals surface area contributed by atoms with Gasteiger partial charge in [-0.15, -0.1) is 0 Å². The molecular weight excluding hydrogens is 747 g/mol. The van der Waals surface area contributed by atoms with Crippen molar-refractivity contribution in [1.29, 1.82) is 0 Å². The summed E-state index contributed by atoms with van der Waals surface area (Å²) in [6.07, 6.45) is 5.16. The Kier molecular flexibility index (Phi) is 11.5. The third-order valence-corrected chi connectivity index (χ3v) is 13.9. The number of hydrogen-bond acceptors (Lipinski definition) is 9. The number of carbonyl (C=O) groups is 4. The highest BCUT2D eigenvalue weighted by Crippen LogP contribution is 2.39. The lowest BCUT2D eigenvalue weighted by atomic mass is 9.77. The average Bonchev–Trinajstić information content (AvgIpc) is 3.83. The highest BCUT2D eigenvalue weighted by Gasteiger charge is 2.51. The SMILES string of the molecule is COc1ccc2c(O[C@@H]3C[C@@H](C(=O)NC4(C(=O)NS(=O)(=O)C5CC5)CCCC4)N(C(=O)[C@@H](CC(=O)N4CCCCC4)C(C)(C)C)C3)cc(-c3ccccc3)nc2c1. The van der Waals surface area contributed by atoms with E-state index in [0.717, 1.165) is 30.2 Å². The topological polar surface area (TPSA) is 164 Å². The van der Waals surface area contributed by atoms with Crippen LogP contribution in [0, 0.1) is 11.3 Å². The maximum atomic E-state index is 14.9. The van der Waals surface area contributed by atoms with E-state index < -0.39 is 56.1 Å². The Morgan fingerprint density at radius 3 is 2.30 bits per heavy atom. The standard InChI is InChI=1S/C43H55N5O8S/c1-42(2,3)33(25-38(49)47-21-11-6-12-22-47)40(51)48-27-30(24-36(48)39(50)45-43(19-9-10-20-43)41(52)46-57(53,54)31-16-17-31)56-37-26-34(28-13-7-5-8-14-28)44-35-23-29(55-4)15-18-32(35)37/h5,7-8,13-15,18,23,26,30-31,33,36H,6,9-12,16-17,19-22,24-25,27H2,1-4H3,(H,45,50)(H,46,52)/t30-,33-,36+/m1/s1. The van der Waals surface area contributed by atoms with Gasteiger partial charge in [0.15, 0.2) is 0 Å². The number of ether oxygens (including phenoxy) is 2. The minimum Gasteiger partial charge on any atom is -0.497 e. The molecule has 2 aromatic carbocycles. The van der Waals surface area contributed by atoms with E-state index in [0.29, 0.717) is 61.5 Å². The molecular formula is C43H55N5O8S. The van der Waals surface area contributed by atoms with Gasteiger partial charge in [-0.05, 0) is 62.5 Å². The zero-order chi connectivity index (χ0) is 40.5. The summed E-state index contributed by atoms with van der Waals surface area (Å²) < 4.78 is 40.3. The zero-order valence-corrected chi connectivity index (χ0v) is 34.2. The number of piperidine rings is 1. The van der Waals surface area contributed by atoms with Crippen molar-refractivity contribution in [2.75, 3.05) is 26.7 Å². The van der Waals surface area contributed by atoms with E-state index in [4.69, 9.17) is 14.5 Å². The summed E-state index contributed by atoms with van der Waals surface area (Å²) in [5, 5.41) is 3.08. The first-order valence-corrected chi connectivity index (χ1v) is 21.9. The fraction of sp³-hybridized carbons (Fsp3) is 0.558. The fourth-order valence-corrected chi connectivity index (χ4v) is 9.90. The lowest BCUT2D eigenvalue weighted by Gasteiger charge is -2.37. The molecule has 306 valence electrons. The highest BCUT2D eigenvalue weighted by atomic mass is 32.2. The van der Waals surface area contributed by atoms with E-state index in [1.807, 2.05) is 80.3 Å². The van der Waals surface area contributed by atoms with Gasteiger partial charge in [-0.1, -0.05) is 63.9 Å². The average molecular weight is 802 g/mol. The summed E-state index contributed by atoms with van der Waals surface area (Å²) >= 11 is 0. The highest BCUT2D eigenvalue weighted by molar-refractivity contribution is 7.91. The van der Waals surface area contributed by atoms with Crippen LogP contribution < -0.4 is 19.5 Å². The number of amides is 4. The van der Waals surface area contributed by atoms with E-state index in [-0.39, 0.29) is 44.0 Å². The molecule has 13 nitrogen and oxygen atoms in total. The van der Waals surface area contributed by atoms with E-state index >= 15 is 0 Å². The van der Waals surface area contributed by atoms with Crippen molar-refractivity contribution in [3.63, 3.8) is 0 Å². The van der Waals surface area contributed by atoms with Crippen LogP contribution >= 0.6 is 0 Å². The van der Waals surface area contributed by atoms with Crippen molar-refractivity contribution in [3.05, 3.63) is 54.6 Å². The Labute approximate surface area is 335 Å². The van der Waals surface area contributed by atoms with Gasteiger partial charge >= 0.3 is 0 Å². The van der Waals surface area contributed by atoms with Crippen molar-refractivity contribution in [2.24, 2.45) is 11.3 Å². The van der Waals surface area contributed by atoms with Crippen molar-refractivity contribution < 1.29 is 37.1 Å². The monoisotopic (exact) mass is 801 g/mol. The Morgan fingerprint density at radius 1 is 0.947 bits per heavy atom. The molecule has 57 heavy (non-hydrogen) atoms. The quantitative estimate of drug-likeness (QED) is 0.246. The molecule has 0 bridgehead atoms. The normalized spacial score (nSPS) is 21.5. The second-order valence-corrected chi connectivity index (χ2v) is 19.2. The summed E-state index contributed by atoms with van der Waals surface area (Å²) in [5.74, 6) is -1.31. The molecule has 1 aromatic heterocycles. The minimum atomic E-state index is -3.86. The van der Waals surface area contributed by atoms with Crippen molar-refractivity contribution in [2.45, 2.75) is 114 Å². The molecule has 4 aliphatic rings. The van der Waals surface area contributed by atoms with Crippen molar-refractivity contribution in [3.8, 4) is 22.8 Å². The van der Waals surface area contributed by atoms with Crippen LogP contribution in [0.3, 0.4) is 0 Å². The summed E-state index contributed by atoms with van der Waals surface area (Å²) in [6, 6.07) is 16.0. The molecule has 2 saturated heterocycles. The van der Waals surface area contributed by atoms with E-state index in [1.165, 1.54) is 4.90 Å². The number of sulfonamides is 1. The van der Waals surface area contributed by atoms with Gasteiger partial charge in [-0.25, -0.2) is 13.4 Å². The molecule has 3 atom stereocenters. The largest absolute Gasteiger partial charge is 0.497 e. The lowest BCUT2D eigenvalue weighted by Crippen LogP contribution is -2.61. The molecule has 0 radical (unpaired) electrons. The number of carbonyl (C=O) groups excluding carboxylic acids is 4. The Balaban J connectivity index is 1.21. The smallest absolute Gasteiger partial charge is 0.259 e. The number of hydrogen-bond donors (Lipinski definition) is 2. The van der Waals surface area contributed by atoms with Crippen LogP contribution in [0.25, 0.3) is 22.2 Å². The van der Waals surface area contributed by atoms with Gasteiger partial charge in [0.25, 0.3) is 5.91 Å². The van der Waals surface area contributed by atoms with Gasteiger partial charge in [0.05, 0.1) is 36.0 Å². The molecule has 3 heterocycles. The summed E-state index contributed by atoms with van der Waals surface area (Å²) in [6.45, 7) is 7.16. The first-order chi connectivity index (χ1) is 27.2. The Hall–Kier alpha value is -4.72. The predicted octanol–water partition coefficient (Wildman–Crippen LogP) is 5.36. The number of likely N-dealkylation sites (tertiary alicyclic amines) is 2. The van der Waals surface area contributed by atoms with Crippen LogP contribution in [0.4, 0.5) is 0 Å². The molecule has 14 heteroatoms. The maximum absolute atomic E-state index is 14.9. The number of fused-ring (bicyclic) bond motifs is 1. The third kappa shape index (κ3) is 8.90. The van der Waals surface area contributed by atoms with Crippen molar-refractivity contribution in [1.82, 2.24) is 24.8 Å². The number of rotatable bonds is 12.